The highest BCUT2D eigenvalue weighted by Crippen LogP contribution is 2.39. The van der Waals surface area contributed by atoms with Crippen LogP contribution >= 0.6 is 11.6 Å². The molecule has 1 atom stereocenters. The van der Waals surface area contributed by atoms with Crippen molar-refractivity contribution >= 4 is 28.6 Å². The van der Waals surface area contributed by atoms with Crippen molar-refractivity contribution in [3.8, 4) is 11.8 Å². The smallest absolute Gasteiger partial charge is 0.321 e. The van der Waals surface area contributed by atoms with Gasteiger partial charge in [0.2, 0.25) is 5.95 Å². The first-order valence-corrected chi connectivity index (χ1v) is 12.9. The summed E-state index contributed by atoms with van der Waals surface area (Å²) in [5, 5.41) is 11.8. The number of nitrogens with zero attached hydrogens (tertiary/aromatic N) is 5. The fraction of sp³-hybridized carbons (Fsp3) is 0.286. The molecular weight excluding hydrogens is 486 g/mol. The van der Waals surface area contributed by atoms with Gasteiger partial charge in [-0.3, -0.25) is 5.10 Å². The van der Waals surface area contributed by atoms with Gasteiger partial charge in [0.05, 0.1) is 40.2 Å². The minimum absolute atomic E-state index is 0.0988. The number of hydrogen-bond acceptors (Lipinski definition) is 6. The highest BCUT2D eigenvalue weighted by Gasteiger charge is 2.26. The standard InChI is InChI=1S/C28H28ClN7O/c1-3-23(18-7-9-22(10-8-18)37-28-30-15-20(29)16-31-28)32-27-33-24-11-4-17(13-26(24)36(27)2)12-21-14-25(35-34-21)19-5-6-19/h4,7-11,13-16,19,23H,3,5-6,12H2,1-2H3,(H,32,33)(H,34,35). The molecule has 0 bridgehead atoms. The van der Waals surface area contributed by atoms with Gasteiger partial charge in [-0.05, 0) is 60.7 Å². The summed E-state index contributed by atoms with van der Waals surface area (Å²) in [6.07, 6.45) is 7.27. The molecule has 0 aliphatic heterocycles. The summed E-state index contributed by atoms with van der Waals surface area (Å²) in [6, 6.07) is 17.0. The van der Waals surface area contributed by atoms with Gasteiger partial charge in [0, 0.05) is 25.1 Å². The van der Waals surface area contributed by atoms with Gasteiger partial charge in [0.15, 0.2) is 0 Å². The molecule has 5 aromatic rings. The first-order valence-electron chi connectivity index (χ1n) is 12.6. The minimum atomic E-state index is 0.0988. The van der Waals surface area contributed by atoms with E-state index >= 15 is 0 Å². The lowest BCUT2D eigenvalue weighted by atomic mass is 10.0. The molecule has 0 radical (unpaired) electrons. The van der Waals surface area contributed by atoms with Crippen molar-refractivity contribution in [2.75, 3.05) is 5.32 Å². The molecular formula is C28H28ClN7O. The van der Waals surface area contributed by atoms with E-state index in [0.717, 1.165) is 41.1 Å². The monoisotopic (exact) mass is 513 g/mol. The Morgan fingerprint density at radius 1 is 1.11 bits per heavy atom. The largest absolute Gasteiger partial charge is 0.424 e. The van der Waals surface area contributed by atoms with E-state index in [0.29, 0.717) is 16.7 Å². The third-order valence-electron chi connectivity index (χ3n) is 6.79. The Balaban J connectivity index is 1.16. The zero-order chi connectivity index (χ0) is 25.4. The van der Waals surface area contributed by atoms with Gasteiger partial charge in [-0.2, -0.15) is 5.10 Å². The molecule has 1 aliphatic rings. The van der Waals surface area contributed by atoms with Crippen LogP contribution in [0.1, 0.15) is 60.7 Å². The van der Waals surface area contributed by atoms with E-state index in [2.05, 4.69) is 68.3 Å². The molecule has 2 N–H and O–H groups in total. The molecule has 1 saturated carbocycles. The number of fused-ring (bicyclic) bond motifs is 1. The number of H-pyrrole nitrogens is 1. The number of nitrogens with one attached hydrogen (secondary N) is 2. The van der Waals surface area contributed by atoms with Crippen molar-refractivity contribution in [1.29, 1.82) is 0 Å². The molecule has 1 aliphatic carbocycles. The van der Waals surface area contributed by atoms with Crippen LogP contribution in [0.5, 0.6) is 11.8 Å². The Hall–Kier alpha value is -3.91. The Morgan fingerprint density at radius 2 is 1.89 bits per heavy atom. The predicted molar refractivity (Wildman–Crippen MR) is 144 cm³/mol. The second-order valence-corrected chi connectivity index (χ2v) is 9.98. The summed E-state index contributed by atoms with van der Waals surface area (Å²) < 4.78 is 7.85. The van der Waals surface area contributed by atoms with Gasteiger partial charge in [0.1, 0.15) is 5.75 Å². The van der Waals surface area contributed by atoms with Crippen LogP contribution in [0.3, 0.4) is 0 Å². The number of anilines is 1. The molecule has 0 amide bonds. The zero-order valence-electron chi connectivity index (χ0n) is 20.8. The van der Waals surface area contributed by atoms with Crippen molar-refractivity contribution in [2.24, 2.45) is 7.05 Å². The quantitative estimate of drug-likeness (QED) is 0.232. The van der Waals surface area contributed by atoms with E-state index < -0.39 is 0 Å². The summed E-state index contributed by atoms with van der Waals surface area (Å²) in [6.45, 7) is 2.16. The first kappa shape index (κ1) is 23.5. The van der Waals surface area contributed by atoms with Crippen LogP contribution in [0, 0.1) is 0 Å². The molecule has 188 valence electrons. The van der Waals surface area contributed by atoms with Crippen molar-refractivity contribution in [2.45, 2.75) is 44.6 Å². The molecule has 3 aromatic heterocycles. The van der Waals surface area contributed by atoms with Crippen LogP contribution in [0.15, 0.2) is 60.9 Å². The number of imidazole rings is 1. The molecule has 1 unspecified atom stereocenters. The van der Waals surface area contributed by atoms with E-state index in [1.165, 1.54) is 36.5 Å². The number of ether oxygens (including phenoxy) is 1. The molecule has 37 heavy (non-hydrogen) atoms. The molecule has 8 nitrogen and oxygen atoms in total. The lowest BCUT2D eigenvalue weighted by Crippen LogP contribution is -2.12. The van der Waals surface area contributed by atoms with Crippen molar-refractivity contribution in [1.82, 2.24) is 29.7 Å². The van der Waals surface area contributed by atoms with Gasteiger partial charge >= 0.3 is 6.01 Å². The van der Waals surface area contributed by atoms with Crippen molar-refractivity contribution < 1.29 is 4.74 Å². The van der Waals surface area contributed by atoms with Gasteiger partial charge in [0.25, 0.3) is 0 Å². The number of hydrogen-bond donors (Lipinski definition) is 2. The fourth-order valence-corrected chi connectivity index (χ4v) is 4.65. The molecule has 9 heteroatoms. The third-order valence-corrected chi connectivity index (χ3v) is 6.98. The number of aromatic nitrogens is 6. The Bertz CT molecular complexity index is 1520. The van der Waals surface area contributed by atoms with Crippen molar-refractivity contribution in [3.05, 3.63) is 88.5 Å². The SMILES string of the molecule is CCC(Nc1nc2ccc(Cc3cc(C4CC4)n[nH]3)cc2n1C)c1ccc(Oc2ncc(Cl)cn2)cc1. The van der Waals surface area contributed by atoms with E-state index in [1.807, 2.05) is 24.3 Å². The topological polar surface area (TPSA) is 93.5 Å². The molecule has 6 rings (SSSR count). The Morgan fingerprint density at radius 3 is 2.62 bits per heavy atom. The van der Waals surface area contributed by atoms with Gasteiger partial charge in [-0.1, -0.05) is 36.7 Å². The number of aromatic amines is 1. The van der Waals surface area contributed by atoms with E-state index in [9.17, 15) is 0 Å². The van der Waals surface area contributed by atoms with Crippen LogP contribution in [-0.4, -0.2) is 29.7 Å². The van der Waals surface area contributed by atoms with Crippen molar-refractivity contribution in [3.63, 3.8) is 0 Å². The normalized spacial score (nSPS) is 14.1. The van der Waals surface area contributed by atoms with Crippen LogP contribution in [0.4, 0.5) is 5.95 Å². The summed E-state index contributed by atoms with van der Waals surface area (Å²) in [4.78, 5) is 13.0. The molecule has 0 saturated heterocycles. The first-order chi connectivity index (χ1) is 18.1. The highest BCUT2D eigenvalue weighted by atomic mass is 35.5. The van der Waals surface area contributed by atoms with Gasteiger partial charge < -0.3 is 14.6 Å². The second kappa shape index (κ2) is 9.86. The summed E-state index contributed by atoms with van der Waals surface area (Å²) in [5.41, 5.74) is 6.81. The molecule has 0 spiro atoms. The predicted octanol–water partition coefficient (Wildman–Crippen LogP) is 6.56. The molecule has 3 heterocycles. The molecule has 1 fully saturated rings. The van der Waals surface area contributed by atoms with Gasteiger partial charge in [-0.15, -0.1) is 0 Å². The minimum Gasteiger partial charge on any atom is -0.424 e. The number of benzene rings is 2. The lowest BCUT2D eigenvalue weighted by molar-refractivity contribution is 0.441. The Kier molecular flexibility index (Phi) is 6.26. The average molecular weight is 514 g/mol. The maximum atomic E-state index is 5.84. The summed E-state index contributed by atoms with van der Waals surface area (Å²) in [5.74, 6) is 2.16. The van der Waals surface area contributed by atoms with Gasteiger partial charge in [-0.25, -0.2) is 15.0 Å². The molecule has 2 aromatic carbocycles. The third kappa shape index (κ3) is 5.15. The number of aryl methyl sites for hydroxylation is 1. The fourth-order valence-electron chi connectivity index (χ4n) is 4.56. The number of halogens is 1. The van der Waals surface area contributed by atoms with Crippen LogP contribution in [-0.2, 0) is 13.5 Å². The highest BCUT2D eigenvalue weighted by molar-refractivity contribution is 6.30. The summed E-state index contributed by atoms with van der Waals surface area (Å²) in [7, 11) is 2.05. The maximum absolute atomic E-state index is 5.84. The summed E-state index contributed by atoms with van der Waals surface area (Å²) >= 11 is 5.84. The lowest BCUT2D eigenvalue weighted by Gasteiger charge is -2.18. The van der Waals surface area contributed by atoms with Crippen LogP contribution < -0.4 is 10.1 Å². The average Bonchev–Trinajstić information content (AvgIpc) is 3.59. The second-order valence-electron chi connectivity index (χ2n) is 9.55. The van der Waals surface area contributed by atoms with Crippen LogP contribution in [0.2, 0.25) is 5.02 Å². The maximum Gasteiger partial charge on any atom is 0.321 e. The van der Waals surface area contributed by atoms with E-state index in [-0.39, 0.29) is 12.1 Å². The van der Waals surface area contributed by atoms with E-state index in [4.69, 9.17) is 21.3 Å². The van der Waals surface area contributed by atoms with E-state index in [1.54, 1.807) is 0 Å². The van der Waals surface area contributed by atoms with Crippen LogP contribution in [0.25, 0.3) is 11.0 Å². The Labute approximate surface area is 220 Å². The number of rotatable bonds is 9. The zero-order valence-corrected chi connectivity index (χ0v) is 21.5.